The number of benzene rings is 2. The van der Waals surface area contributed by atoms with Crippen LogP contribution in [0.4, 0.5) is 5.82 Å². The summed E-state index contributed by atoms with van der Waals surface area (Å²) in [5.74, 6) is 2.88. The molecule has 0 saturated heterocycles. The molecule has 37 heavy (non-hydrogen) atoms. The number of nitrogens with zero attached hydrogens (tertiary/aromatic N) is 3. The minimum atomic E-state index is -0.0637. The molecule has 8 nitrogen and oxygen atoms in total. The molecule has 5 aromatic rings. The van der Waals surface area contributed by atoms with Gasteiger partial charge < -0.3 is 20.8 Å². The van der Waals surface area contributed by atoms with Crippen molar-refractivity contribution in [3.63, 3.8) is 0 Å². The van der Waals surface area contributed by atoms with Gasteiger partial charge in [0.05, 0.1) is 12.8 Å². The summed E-state index contributed by atoms with van der Waals surface area (Å²) in [6, 6.07) is 17.6. The molecule has 6 rings (SSSR count). The number of imidazole rings is 1. The summed E-state index contributed by atoms with van der Waals surface area (Å²) >= 11 is 0. The fraction of sp³-hybridized carbons (Fsp3) is 0.276. The van der Waals surface area contributed by atoms with Gasteiger partial charge in [-0.25, -0.2) is 9.97 Å². The lowest BCUT2D eigenvalue weighted by Crippen LogP contribution is -2.31. The first-order valence-corrected chi connectivity index (χ1v) is 12.7. The van der Waals surface area contributed by atoms with E-state index in [1.165, 1.54) is 0 Å². The number of carbonyl (C=O) groups excluding carboxylic acids is 1. The van der Waals surface area contributed by atoms with Gasteiger partial charge in [-0.3, -0.25) is 9.20 Å². The van der Waals surface area contributed by atoms with Crippen LogP contribution in [-0.4, -0.2) is 38.9 Å². The van der Waals surface area contributed by atoms with Gasteiger partial charge in [0.25, 0.3) is 5.91 Å². The summed E-state index contributed by atoms with van der Waals surface area (Å²) in [4.78, 5) is 25.6. The minimum Gasteiger partial charge on any atom is -0.497 e. The van der Waals surface area contributed by atoms with Gasteiger partial charge in [-0.2, -0.15) is 0 Å². The zero-order chi connectivity index (χ0) is 25.4. The van der Waals surface area contributed by atoms with Crippen molar-refractivity contribution in [1.82, 2.24) is 24.7 Å². The van der Waals surface area contributed by atoms with Gasteiger partial charge in [0, 0.05) is 41.3 Å². The largest absolute Gasteiger partial charge is 0.497 e. The number of fused-ring (bicyclic) bond motifs is 2. The first-order valence-electron chi connectivity index (χ1n) is 12.7. The SMILES string of the molecule is COc1cccc(C(=O)NCC2CCC(c3nc(-c4cc5ccccc5[nH]4)c4c(N)nccn34)CC2)c1. The third-order valence-electron chi connectivity index (χ3n) is 7.49. The van der Waals surface area contributed by atoms with Crippen molar-refractivity contribution < 1.29 is 9.53 Å². The standard InChI is InChI=1S/C29H30N6O2/c1-37-22-7-4-6-21(15-22)29(36)32-17-18-9-11-19(12-10-18)28-34-25(26-27(30)31-13-14-35(26)28)24-16-20-5-2-3-8-23(20)33-24/h2-8,13-16,18-19,33H,9-12,17H2,1H3,(H2,30,31)(H,32,36). The number of H-pyrrole nitrogens is 1. The molecule has 1 aliphatic carbocycles. The van der Waals surface area contributed by atoms with Crippen molar-refractivity contribution in [1.29, 1.82) is 0 Å². The van der Waals surface area contributed by atoms with Crippen molar-refractivity contribution in [3.8, 4) is 17.1 Å². The number of amides is 1. The van der Waals surface area contributed by atoms with Gasteiger partial charge in [-0.1, -0.05) is 24.3 Å². The summed E-state index contributed by atoms with van der Waals surface area (Å²) in [6.07, 6.45) is 7.77. The number of ether oxygens (including phenoxy) is 1. The number of hydrogen-bond donors (Lipinski definition) is 3. The van der Waals surface area contributed by atoms with Gasteiger partial charge in [0.2, 0.25) is 0 Å². The molecule has 0 unspecified atom stereocenters. The van der Waals surface area contributed by atoms with E-state index >= 15 is 0 Å². The lowest BCUT2D eigenvalue weighted by molar-refractivity contribution is 0.0942. The number of carbonyl (C=O) groups is 1. The maximum Gasteiger partial charge on any atom is 0.251 e. The maximum atomic E-state index is 12.6. The average Bonchev–Trinajstić information content (AvgIpc) is 3.55. The molecule has 3 heterocycles. The summed E-state index contributed by atoms with van der Waals surface area (Å²) < 4.78 is 7.34. The fourth-order valence-corrected chi connectivity index (χ4v) is 5.49. The van der Waals surface area contributed by atoms with Crippen LogP contribution in [0.15, 0.2) is 67.0 Å². The molecule has 2 aromatic carbocycles. The number of aromatic amines is 1. The van der Waals surface area contributed by atoms with E-state index in [0.29, 0.717) is 35.5 Å². The molecule has 4 N–H and O–H groups in total. The molecule has 8 heteroatoms. The van der Waals surface area contributed by atoms with Crippen LogP contribution in [0.3, 0.4) is 0 Å². The molecule has 0 aliphatic heterocycles. The van der Waals surface area contributed by atoms with Crippen LogP contribution < -0.4 is 15.8 Å². The van der Waals surface area contributed by atoms with E-state index in [1.807, 2.05) is 36.5 Å². The lowest BCUT2D eigenvalue weighted by atomic mass is 9.81. The van der Waals surface area contributed by atoms with Crippen molar-refractivity contribution in [2.24, 2.45) is 5.92 Å². The fourth-order valence-electron chi connectivity index (χ4n) is 5.49. The van der Waals surface area contributed by atoms with E-state index in [1.54, 1.807) is 19.4 Å². The first-order chi connectivity index (χ1) is 18.1. The summed E-state index contributed by atoms with van der Waals surface area (Å²) in [7, 11) is 1.60. The van der Waals surface area contributed by atoms with Crippen LogP contribution >= 0.6 is 0 Å². The Morgan fingerprint density at radius 3 is 2.78 bits per heavy atom. The highest BCUT2D eigenvalue weighted by Gasteiger charge is 2.28. The minimum absolute atomic E-state index is 0.0637. The van der Waals surface area contributed by atoms with E-state index in [9.17, 15) is 4.79 Å². The van der Waals surface area contributed by atoms with E-state index in [0.717, 1.165) is 59.3 Å². The van der Waals surface area contributed by atoms with E-state index < -0.39 is 0 Å². The van der Waals surface area contributed by atoms with Crippen molar-refractivity contribution >= 4 is 28.1 Å². The van der Waals surface area contributed by atoms with Gasteiger partial charge in [0.15, 0.2) is 0 Å². The molecule has 3 aromatic heterocycles. The third-order valence-corrected chi connectivity index (χ3v) is 7.49. The molecule has 1 amide bonds. The molecular weight excluding hydrogens is 464 g/mol. The van der Waals surface area contributed by atoms with Crippen LogP contribution in [0.2, 0.25) is 0 Å². The number of nitrogens with one attached hydrogen (secondary N) is 2. The normalized spacial score (nSPS) is 17.8. The molecule has 1 fully saturated rings. The molecule has 0 radical (unpaired) electrons. The number of nitrogens with two attached hydrogens (primary N) is 1. The molecule has 0 atom stereocenters. The monoisotopic (exact) mass is 494 g/mol. The van der Waals surface area contributed by atoms with Gasteiger partial charge in [-0.05, 0) is 61.9 Å². The van der Waals surface area contributed by atoms with Crippen LogP contribution in [0.1, 0.15) is 47.8 Å². The Hall–Kier alpha value is -4.33. The number of hydrogen-bond acceptors (Lipinski definition) is 5. The van der Waals surface area contributed by atoms with E-state index in [4.69, 9.17) is 15.5 Å². The molecular formula is C29H30N6O2. The Labute approximate surface area is 214 Å². The zero-order valence-corrected chi connectivity index (χ0v) is 20.8. The first kappa shape index (κ1) is 23.1. The van der Waals surface area contributed by atoms with Gasteiger partial charge >= 0.3 is 0 Å². The number of para-hydroxylation sites is 1. The number of methoxy groups -OCH3 is 1. The highest BCUT2D eigenvalue weighted by Crippen LogP contribution is 2.38. The zero-order valence-electron chi connectivity index (χ0n) is 20.8. The number of rotatable bonds is 6. The van der Waals surface area contributed by atoms with E-state index in [2.05, 4.69) is 37.9 Å². The highest BCUT2D eigenvalue weighted by molar-refractivity contribution is 5.94. The van der Waals surface area contributed by atoms with Crippen LogP contribution in [0.25, 0.3) is 27.8 Å². The highest BCUT2D eigenvalue weighted by atomic mass is 16.5. The van der Waals surface area contributed by atoms with Crippen molar-refractivity contribution in [2.75, 3.05) is 19.4 Å². The third kappa shape index (κ3) is 4.39. The predicted molar refractivity (Wildman–Crippen MR) is 145 cm³/mol. The maximum absolute atomic E-state index is 12.6. The summed E-state index contributed by atoms with van der Waals surface area (Å²) in [5.41, 5.74) is 10.7. The second-order valence-electron chi connectivity index (χ2n) is 9.78. The Morgan fingerprint density at radius 1 is 1.14 bits per heavy atom. The molecule has 0 spiro atoms. The lowest BCUT2D eigenvalue weighted by Gasteiger charge is -2.28. The van der Waals surface area contributed by atoms with Crippen LogP contribution in [0, 0.1) is 5.92 Å². The predicted octanol–water partition coefficient (Wildman–Crippen LogP) is 5.17. The van der Waals surface area contributed by atoms with Crippen LogP contribution in [-0.2, 0) is 0 Å². The second-order valence-corrected chi connectivity index (χ2v) is 9.78. The van der Waals surface area contributed by atoms with Gasteiger partial charge in [-0.15, -0.1) is 0 Å². The Kier molecular flexibility index (Phi) is 6.00. The molecule has 188 valence electrons. The Bertz CT molecular complexity index is 1550. The Morgan fingerprint density at radius 2 is 1.97 bits per heavy atom. The van der Waals surface area contributed by atoms with Crippen molar-refractivity contribution in [2.45, 2.75) is 31.6 Å². The summed E-state index contributed by atoms with van der Waals surface area (Å²) in [5, 5.41) is 4.24. The molecule has 1 saturated carbocycles. The number of nitrogen functional groups attached to an aromatic ring is 1. The Balaban J connectivity index is 1.18. The molecule has 0 bridgehead atoms. The number of anilines is 1. The summed E-state index contributed by atoms with van der Waals surface area (Å²) in [6.45, 7) is 0.669. The molecule has 1 aliphatic rings. The van der Waals surface area contributed by atoms with Gasteiger partial charge in [0.1, 0.15) is 28.6 Å². The quantitative estimate of drug-likeness (QED) is 0.302. The van der Waals surface area contributed by atoms with E-state index in [-0.39, 0.29) is 5.91 Å². The topological polar surface area (TPSA) is 110 Å². The smallest absolute Gasteiger partial charge is 0.251 e. The van der Waals surface area contributed by atoms with Crippen molar-refractivity contribution in [3.05, 3.63) is 78.4 Å². The average molecular weight is 495 g/mol. The van der Waals surface area contributed by atoms with Crippen LogP contribution in [0.5, 0.6) is 5.75 Å². The second kappa shape index (κ2) is 9.61. The number of aromatic nitrogens is 4.